The number of carbonyl (C=O) groups excluding carboxylic acids is 4. The van der Waals surface area contributed by atoms with Gasteiger partial charge in [0, 0.05) is 24.7 Å². The lowest BCUT2D eigenvalue weighted by Gasteiger charge is -2.39. The van der Waals surface area contributed by atoms with Crippen LogP contribution in [-0.2, 0) is 25.5 Å². The fourth-order valence-corrected chi connectivity index (χ4v) is 5.49. The van der Waals surface area contributed by atoms with Crippen molar-refractivity contribution in [1.29, 1.82) is 0 Å². The first-order valence-corrected chi connectivity index (χ1v) is 13.9. The number of benzene rings is 2. The second kappa shape index (κ2) is 12.5. The number of hydrogen-bond donors (Lipinski definition) is 2. The van der Waals surface area contributed by atoms with Gasteiger partial charge in [0.25, 0.3) is 5.91 Å². The van der Waals surface area contributed by atoms with Crippen LogP contribution in [0.1, 0.15) is 74.0 Å². The van der Waals surface area contributed by atoms with E-state index in [1.807, 2.05) is 45.0 Å². The number of fused-ring (bicyclic) bond motifs is 1. The summed E-state index contributed by atoms with van der Waals surface area (Å²) in [5, 5.41) is 5.79. The summed E-state index contributed by atoms with van der Waals surface area (Å²) >= 11 is 0. The summed E-state index contributed by atoms with van der Waals surface area (Å²) < 4.78 is 10.1. The molecule has 2 aliphatic rings. The van der Waals surface area contributed by atoms with Gasteiger partial charge in [-0.25, -0.2) is 9.59 Å². The van der Waals surface area contributed by atoms with E-state index in [2.05, 4.69) is 10.6 Å². The number of methoxy groups -OCH3 is 1. The van der Waals surface area contributed by atoms with Gasteiger partial charge in [-0.15, -0.1) is 0 Å². The van der Waals surface area contributed by atoms with Gasteiger partial charge in [0.1, 0.15) is 11.6 Å². The van der Waals surface area contributed by atoms with Crippen molar-refractivity contribution in [3.05, 3.63) is 65.2 Å². The van der Waals surface area contributed by atoms with Crippen LogP contribution in [-0.4, -0.2) is 54.6 Å². The lowest BCUT2D eigenvalue weighted by atomic mass is 9.80. The van der Waals surface area contributed by atoms with Crippen molar-refractivity contribution in [3.8, 4) is 0 Å². The number of esters is 1. The largest absolute Gasteiger partial charge is 0.465 e. The summed E-state index contributed by atoms with van der Waals surface area (Å²) in [5.41, 5.74) is 2.27. The van der Waals surface area contributed by atoms with Crippen LogP contribution >= 0.6 is 0 Å². The zero-order valence-electron chi connectivity index (χ0n) is 23.7. The third-order valence-electron chi connectivity index (χ3n) is 7.52. The summed E-state index contributed by atoms with van der Waals surface area (Å²) in [6, 6.07) is 13.5. The van der Waals surface area contributed by atoms with Crippen molar-refractivity contribution >= 4 is 29.6 Å². The molecule has 1 aliphatic carbocycles. The van der Waals surface area contributed by atoms with Crippen molar-refractivity contribution in [1.82, 2.24) is 10.2 Å². The van der Waals surface area contributed by atoms with E-state index in [0.29, 0.717) is 43.6 Å². The van der Waals surface area contributed by atoms with Gasteiger partial charge in [-0.2, -0.15) is 0 Å². The first kappa shape index (κ1) is 29.1. The highest BCUT2D eigenvalue weighted by Gasteiger charge is 2.39. The predicted molar refractivity (Wildman–Crippen MR) is 151 cm³/mol. The first-order valence-electron chi connectivity index (χ1n) is 13.9. The SMILES string of the molecule is COC(=O)c1ccc(NC(=O)[C@@H]2c3ccccc3CCN2C(=O)C2CCC(CNC(=O)OC(C)(C)C)CC2)cc1. The molecule has 0 spiro atoms. The summed E-state index contributed by atoms with van der Waals surface area (Å²) in [6.45, 7) is 6.48. The Morgan fingerprint density at radius 2 is 1.62 bits per heavy atom. The van der Waals surface area contributed by atoms with Gasteiger partial charge < -0.3 is 25.0 Å². The molecule has 4 rings (SSSR count). The molecule has 2 N–H and O–H groups in total. The minimum Gasteiger partial charge on any atom is -0.465 e. The average Bonchev–Trinajstić information content (AvgIpc) is 2.94. The molecule has 0 saturated heterocycles. The molecule has 1 atom stereocenters. The van der Waals surface area contributed by atoms with E-state index < -0.39 is 23.7 Å². The lowest BCUT2D eigenvalue weighted by molar-refractivity contribution is -0.144. The Morgan fingerprint density at radius 1 is 0.950 bits per heavy atom. The third-order valence-corrected chi connectivity index (χ3v) is 7.52. The number of anilines is 1. The van der Waals surface area contributed by atoms with Gasteiger partial charge in [0.05, 0.1) is 12.7 Å². The Labute approximate surface area is 235 Å². The fourth-order valence-electron chi connectivity index (χ4n) is 5.49. The molecule has 1 fully saturated rings. The highest BCUT2D eigenvalue weighted by atomic mass is 16.6. The van der Waals surface area contributed by atoms with Crippen LogP contribution in [0.5, 0.6) is 0 Å². The number of hydrogen-bond acceptors (Lipinski definition) is 6. The number of nitrogens with one attached hydrogen (secondary N) is 2. The monoisotopic (exact) mass is 549 g/mol. The molecule has 0 bridgehead atoms. The zero-order valence-corrected chi connectivity index (χ0v) is 23.7. The molecule has 0 radical (unpaired) electrons. The molecule has 2 aromatic rings. The summed E-state index contributed by atoms with van der Waals surface area (Å²) in [4.78, 5) is 53.0. The fraction of sp³-hybridized carbons (Fsp3) is 0.484. The standard InChI is InChI=1S/C31H39N3O6/c1-31(2,3)40-30(38)32-19-20-9-11-22(12-10-20)28(36)34-18-17-21-7-5-6-8-25(21)26(34)27(35)33-24-15-13-23(14-16-24)29(37)39-4/h5-8,13-16,20,22,26H,9-12,17-19H2,1-4H3,(H,32,38)(H,33,35)/t20?,22?,26-/m0/s1. The van der Waals surface area contributed by atoms with Gasteiger partial charge in [-0.3, -0.25) is 9.59 Å². The molecular weight excluding hydrogens is 510 g/mol. The summed E-state index contributed by atoms with van der Waals surface area (Å²) in [6.07, 6.45) is 3.32. The smallest absolute Gasteiger partial charge is 0.407 e. The van der Waals surface area contributed by atoms with Crippen LogP contribution in [0.4, 0.5) is 10.5 Å². The highest BCUT2D eigenvalue weighted by molar-refractivity contribution is 5.99. The van der Waals surface area contributed by atoms with E-state index >= 15 is 0 Å². The van der Waals surface area contributed by atoms with Crippen molar-refractivity contribution in [3.63, 3.8) is 0 Å². The average molecular weight is 550 g/mol. The third kappa shape index (κ3) is 7.20. The maximum Gasteiger partial charge on any atom is 0.407 e. The quantitative estimate of drug-likeness (QED) is 0.497. The van der Waals surface area contributed by atoms with Crippen molar-refractivity contribution in [2.75, 3.05) is 25.5 Å². The van der Waals surface area contributed by atoms with Crippen molar-refractivity contribution < 1.29 is 28.7 Å². The molecule has 1 saturated carbocycles. The minimum atomic E-state index is -0.746. The van der Waals surface area contributed by atoms with Gasteiger partial charge in [-0.05, 0) is 94.2 Å². The van der Waals surface area contributed by atoms with Crippen LogP contribution < -0.4 is 10.6 Å². The molecule has 214 valence electrons. The molecule has 0 unspecified atom stereocenters. The van der Waals surface area contributed by atoms with Gasteiger partial charge >= 0.3 is 12.1 Å². The Bertz CT molecular complexity index is 1230. The van der Waals surface area contributed by atoms with Crippen LogP contribution in [0.2, 0.25) is 0 Å². The second-order valence-corrected chi connectivity index (χ2v) is 11.5. The molecule has 1 heterocycles. The maximum atomic E-state index is 13.8. The maximum absolute atomic E-state index is 13.8. The van der Waals surface area contributed by atoms with E-state index in [9.17, 15) is 19.2 Å². The summed E-state index contributed by atoms with van der Waals surface area (Å²) in [7, 11) is 1.32. The van der Waals surface area contributed by atoms with Crippen LogP contribution in [0, 0.1) is 11.8 Å². The molecule has 1 aliphatic heterocycles. The Morgan fingerprint density at radius 3 is 2.27 bits per heavy atom. The first-order chi connectivity index (χ1) is 19.1. The van der Waals surface area contributed by atoms with Crippen LogP contribution in [0.3, 0.4) is 0 Å². The lowest BCUT2D eigenvalue weighted by Crippen LogP contribution is -2.48. The van der Waals surface area contributed by atoms with E-state index in [4.69, 9.17) is 9.47 Å². The molecule has 3 amide bonds. The molecule has 40 heavy (non-hydrogen) atoms. The summed E-state index contributed by atoms with van der Waals surface area (Å²) in [5.74, 6) is -0.634. The molecular formula is C31H39N3O6. The van der Waals surface area contributed by atoms with Gasteiger partial charge in [-0.1, -0.05) is 24.3 Å². The van der Waals surface area contributed by atoms with E-state index in [0.717, 1.165) is 24.0 Å². The normalized spacial score (nSPS) is 20.6. The topological polar surface area (TPSA) is 114 Å². The number of ether oxygens (including phenoxy) is 2. The number of amides is 3. The minimum absolute atomic E-state index is 0.00533. The number of nitrogens with zero attached hydrogens (tertiary/aromatic N) is 1. The zero-order chi connectivity index (χ0) is 28.9. The van der Waals surface area contributed by atoms with Crippen molar-refractivity contribution in [2.45, 2.75) is 64.5 Å². The van der Waals surface area contributed by atoms with Gasteiger partial charge in [0.15, 0.2) is 0 Å². The number of carbonyl (C=O) groups is 4. The Kier molecular flexibility index (Phi) is 9.12. The highest BCUT2D eigenvalue weighted by Crippen LogP contribution is 2.36. The number of rotatable bonds is 6. The molecule has 2 aromatic carbocycles. The second-order valence-electron chi connectivity index (χ2n) is 11.5. The van der Waals surface area contributed by atoms with E-state index in [-0.39, 0.29) is 23.7 Å². The molecule has 9 heteroatoms. The van der Waals surface area contributed by atoms with E-state index in [1.165, 1.54) is 7.11 Å². The Hall–Kier alpha value is -3.88. The molecule has 9 nitrogen and oxygen atoms in total. The van der Waals surface area contributed by atoms with Crippen molar-refractivity contribution in [2.24, 2.45) is 11.8 Å². The van der Waals surface area contributed by atoms with E-state index in [1.54, 1.807) is 29.2 Å². The van der Waals surface area contributed by atoms with Crippen LogP contribution in [0.25, 0.3) is 0 Å². The Balaban J connectivity index is 1.42. The van der Waals surface area contributed by atoms with Crippen LogP contribution in [0.15, 0.2) is 48.5 Å². The predicted octanol–water partition coefficient (Wildman–Crippen LogP) is 4.87. The van der Waals surface area contributed by atoms with Gasteiger partial charge in [0.2, 0.25) is 5.91 Å². The number of alkyl carbamates (subject to hydrolysis) is 1. The molecule has 0 aromatic heterocycles.